The Balaban J connectivity index is 1.61. The van der Waals surface area contributed by atoms with Crippen LogP contribution in [0.4, 0.5) is 5.69 Å². The highest BCUT2D eigenvalue weighted by Crippen LogP contribution is 2.34. The molecule has 2 aromatic rings. The molecule has 0 radical (unpaired) electrons. The molecule has 1 aromatic heterocycles. The number of carbonyl (C=O) groups is 2. The van der Waals surface area contributed by atoms with Crippen molar-refractivity contribution in [2.75, 3.05) is 18.4 Å². The summed E-state index contributed by atoms with van der Waals surface area (Å²) in [6.45, 7) is 10.6. The molecule has 1 aliphatic heterocycles. The minimum atomic E-state index is -0.349. The van der Waals surface area contributed by atoms with Crippen LogP contribution < -0.4 is 10.6 Å². The Labute approximate surface area is 181 Å². The fourth-order valence-corrected chi connectivity index (χ4v) is 3.36. The Morgan fingerprint density at radius 3 is 2.68 bits per heavy atom. The number of phenolic OH excluding ortho intramolecular Hbond substituents is 1. The second kappa shape index (κ2) is 8.56. The maximum absolute atomic E-state index is 12.3. The molecule has 0 spiro atoms. The number of rotatable bonds is 6. The molecule has 3 rings (SSSR count). The smallest absolute Gasteiger partial charge is 0.287 e. The third-order valence-electron chi connectivity index (χ3n) is 5.11. The monoisotopic (exact) mass is 422 g/mol. The lowest BCUT2D eigenvalue weighted by Gasteiger charge is -2.38. The number of nitrogens with one attached hydrogen (secondary N) is 2. The first-order valence-corrected chi connectivity index (χ1v) is 9.94. The van der Waals surface area contributed by atoms with E-state index in [1.807, 2.05) is 20.8 Å². The molecule has 2 amide bonds. The zero-order valence-corrected chi connectivity index (χ0v) is 17.9. The van der Waals surface area contributed by atoms with Crippen LogP contribution in [-0.4, -0.2) is 41.0 Å². The summed E-state index contributed by atoms with van der Waals surface area (Å²) in [5, 5.41) is 25.5. The third-order valence-corrected chi connectivity index (χ3v) is 5.11. The Kier molecular flexibility index (Phi) is 6.07. The van der Waals surface area contributed by atoms with Crippen molar-refractivity contribution in [3.8, 4) is 11.8 Å². The van der Waals surface area contributed by atoms with Crippen molar-refractivity contribution in [3.05, 3.63) is 59.6 Å². The number of hydrogen-bond donors (Lipinski definition) is 3. The van der Waals surface area contributed by atoms with Crippen LogP contribution in [0.3, 0.4) is 0 Å². The van der Waals surface area contributed by atoms with Gasteiger partial charge in [-0.05, 0) is 35.3 Å². The van der Waals surface area contributed by atoms with Crippen molar-refractivity contribution in [2.45, 2.75) is 38.8 Å². The number of likely N-dealkylation sites (tertiary alicyclic amines) is 1. The Bertz CT molecular complexity index is 1050. The van der Waals surface area contributed by atoms with E-state index in [-0.39, 0.29) is 41.3 Å². The van der Waals surface area contributed by atoms with Crippen LogP contribution in [0.5, 0.6) is 5.75 Å². The Morgan fingerprint density at radius 1 is 1.35 bits per heavy atom. The summed E-state index contributed by atoms with van der Waals surface area (Å²) < 4.78 is 5.61. The van der Waals surface area contributed by atoms with E-state index in [1.165, 1.54) is 12.1 Å². The van der Waals surface area contributed by atoms with Crippen LogP contribution in [0.2, 0.25) is 0 Å². The number of hydrogen-bond acceptors (Lipinski definition) is 6. The standard InChI is InChI=1S/C23H26N4O4/c1-5-21(29)27-12-15(13-27)26-22(30)20-7-6-16(31-20)11-25-18-9-17(23(2,3)4)14(10-24)8-19(18)28/h5-9,15,25,28H,1,11-13H2,2-4H3,(H,26,30). The summed E-state index contributed by atoms with van der Waals surface area (Å²) in [5.41, 5.74) is 1.46. The van der Waals surface area contributed by atoms with E-state index in [9.17, 15) is 20.0 Å². The molecule has 0 bridgehead atoms. The van der Waals surface area contributed by atoms with Gasteiger partial charge in [-0.25, -0.2) is 0 Å². The average molecular weight is 422 g/mol. The zero-order chi connectivity index (χ0) is 22.8. The van der Waals surface area contributed by atoms with Crippen molar-refractivity contribution in [2.24, 2.45) is 0 Å². The van der Waals surface area contributed by atoms with Crippen molar-refractivity contribution in [1.82, 2.24) is 10.2 Å². The van der Waals surface area contributed by atoms with Crippen molar-refractivity contribution < 1.29 is 19.1 Å². The number of aromatic hydroxyl groups is 1. The van der Waals surface area contributed by atoms with Crippen molar-refractivity contribution >= 4 is 17.5 Å². The first-order chi connectivity index (χ1) is 14.6. The van der Waals surface area contributed by atoms with Gasteiger partial charge >= 0.3 is 0 Å². The molecule has 8 nitrogen and oxygen atoms in total. The zero-order valence-electron chi connectivity index (χ0n) is 17.9. The van der Waals surface area contributed by atoms with Crippen molar-refractivity contribution in [3.63, 3.8) is 0 Å². The molecular weight excluding hydrogens is 396 g/mol. The van der Waals surface area contributed by atoms with Gasteiger partial charge in [-0.2, -0.15) is 5.26 Å². The van der Waals surface area contributed by atoms with Gasteiger partial charge in [0.05, 0.1) is 29.9 Å². The van der Waals surface area contributed by atoms with E-state index in [0.29, 0.717) is 30.1 Å². The minimum Gasteiger partial charge on any atom is -0.506 e. The summed E-state index contributed by atoms with van der Waals surface area (Å²) in [5.74, 6) is 0.154. The van der Waals surface area contributed by atoms with Gasteiger partial charge in [-0.15, -0.1) is 0 Å². The molecule has 0 saturated carbocycles. The van der Waals surface area contributed by atoms with Gasteiger partial charge in [-0.1, -0.05) is 27.4 Å². The molecule has 162 valence electrons. The maximum Gasteiger partial charge on any atom is 0.287 e. The van der Waals surface area contributed by atoms with Gasteiger partial charge in [0.2, 0.25) is 5.91 Å². The number of benzene rings is 1. The predicted octanol–water partition coefficient (Wildman–Crippen LogP) is 2.89. The van der Waals surface area contributed by atoms with Crippen LogP contribution in [0.15, 0.2) is 41.3 Å². The lowest BCUT2D eigenvalue weighted by atomic mass is 9.83. The average Bonchev–Trinajstić information content (AvgIpc) is 3.16. The number of nitriles is 1. The summed E-state index contributed by atoms with van der Waals surface area (Å²) in [6.07, 6.45) is 1.25. The van der Waals surface area contributed by atoms with E-state index in [2.05, 4.69) is 23.3 Å². The van der Waals surface area contributed by atoms with Crippen LogP contribution in [0, 0.1) is 11.3 Å². The van der Waals surface area contributed by atoms with Gasteiger partial charge in [0.1, 0.15) is 11.5 Å². The third kappa shape index (κ3) is 4.89. The van der Waals surface area contributed by atoms with Gasteiger partial charge in [0.15, 0.2) is 5.76 Å². The number of anilines is 1. The molecule has 2 heterocycles. The normalized spacial score (nSPS) is 13.8. The molecule has 0 aliphatic carbocycles. The molecule has 31 heavy (non-hydrogen) atoms. The van der Waals surface area contributed by atoms with Crippen LogP contribution >= 0.6 is 0 Å². The SMILES string of the molecule is C=CC(=O)N1CC(NC(=O)c2ccc(CNc3cc(C(C)(C)C)c(C#N)cc3O)o2)C1. The minimum absolute atomic E-state index is 0.0299. The van der Waals surface area contributed by atoms with E-state index < -0.39 is 0 Å². The maximum atomic E-state index is 12.3. The molecule has 0 unspecified atom stereocenters. The van der Waals surface area contributed by atoms with Crippen molar-refractivity contribution in [1.29, 1.82) is 5.26 Å². The second-order valence-corrected chi connectivity index (χ2v) is 8.51. The van der Waals surface area contributed by atoms with Crippen LogP contribution in [0.1, 0.15) is 48.2 Å². The molecule has 0 atom stereocenters. The molecule has 3 N–H and O–H groups in total. The summed E-state index contributed by atoms with van der Waals surface area (Å²) >= 11 is 0. The molecular formula is C23H26N4O4. The number of furan rings is 1. The largest absolute Gasteiger partial charge is 0.506 e. The van der Waals surface area contributed by atoms with E-state index >= 15 is 0 Å². The number of carbonyl (C=O) groups excluding carboxylic acids is 2. The lowest BCUT2D eigenvalue weighted by molar-refractivity contribution is -0.130. The quantitative estimate of drug-likeness (QED) is 0.487. The first-order valence-electron chi connectivity index (χ1n) is 9.94. The summed E-state index contributed by atoms with van der Waals surface area (Å²) in [6, 6.07) is 8.47. The highest BCUT2D eigenvalue weighted by atomic mass is 16.4. The summed E-state index contributed by atoms with van der Waals surface area (Å²) in [4.78, 5) is 25.4. The Hall–Kier alpha value is -3.73. The highest BCUT2D eigenvalue weighted by molar-refractivity contribution is 5.92. The predicted molar refractivity (Wildman–Crippen MR) is 116 cm³/mol. The van der Waals surface area contributed by atoms with Gasteiger partial charge in [0.25, 0.3) is 5.91 Å². The molecule has 1 fully saturated rings. The lowest BCUT2D eigenvalue weighted by Crippen LogP contribution is -2.60. The Morgan fingerprint density at radius 2 is 2.06 bits per heavy atom. The summed E-state index contributed by atoms with van der Waals surface area (Å²) in [7, 11) is 0. The molecule has 1 aliphatic rings. The fraction of sp³-hybridized carbons (Fsp3) is 0.348. The van der Waals surface area contributed by atoms with E-state index in [4.69, 9.17) is 4.42 Å². The second-order valence-electron chi connectivity index (χ2n) is 8.51. The fourth-order valence-electron chi connectivity index (χ4n) is 3.36. The van der Waals surface area contributed by atoms with E-state index in [0.717, 1.165) is 5.56 Å². The number of nitrogens with zero attached hydrogens (tertiary/aromatic N) is 2. The molecule has 1 aromatic carbocycles. The number of phenols is 1. The molecule has 1 saturated heterocycles. The van der Waals surface area contributed by atoms with Crippen LogP contribution in [-0.2, 0) is 16.8 Å². The van der Waals surface area contributed by atoms with E-state index in [1.54, 1.807) is 23.1 Å². The molecule has 8 heteroatoms. The van der Waals surface area contributed by atoms with Gasteiger partial charge < -0.3 is 25.1 Å². The number of amides is 2. The highest BCUT2D eigenvalue weighted by Gasteiger charge is 2.31. The van der Waals surface area contributed by atoms with Gasteiger partial charge in [0, 0.05) is 19.2 Å². The van der Waals surface area contributed by atoms with Gasteiger partial charge in [-0.3, -0.25) is 9.59 Å². The van der Waals surface area contributed by atoms with Crippen LogP contribution in [0.25, 0.3) is 0 Å². The topological polar surface area (TPSA) is 119 Å². The first kappa shape index (κ1) is 22.0.